The molecule has 2 rings (SSSR count). The maximum Gasteiger partial charge on any atom is 0.122 e. The Morgan fingerprint density at radius 1 is 1.14 bits per heavy atom. The minimum atomic E-state index is -0.123. The lowest BCUT2D eigenvalue weighted by Crippen LogP contribution is -2.03. The van der Waals surface area contributed by atoms with Gasteiger partial charge in [0, 0.05) is 0 Å². The molecule has 0 aliphatic rings. The summed E-state index contributed by atoms with van der Waals surface area (Å²) in [4.78, 5) is 0. The Morgan fingerprint density at radius 3 is 2.52 bits per heavy atom. The summed E-state index contributed by atoms with van der Waals surface area (Å²) in [5.74, 6) is 0.774. The van der Waals surface area contributed by atoms with Crippen molar-refractivity contribution in [2.75, 3.05) is 7.11 Å². The van der Waals surface area contributed by atoms with Gasteiger partial charge in [-0.15, -0.1) is 0 Å². The molecule has 0 heterocycles. The molecule has 0 bridgehead atoms. The molecule has 0 saturated heterocycles. The van der Waals surface area contributed by atoms with Crippen LogP contribution in [0.4, 0.5) is 0 Å². The molecule has 0 saturated carbocycles. The van der Waals surface area contributed by atoms with Gasteiger partial charge >= 0.3 is 0 Å². The maximum atomic E-state index is 9.54. The monoisotopic (exact) mass is 279 g/mol. The number of methoxy groups -OCH3 is 1. The van der Waals surface area contributed by atoms with E-state index in [2.05, 4.69) is 38.1 Å². The van der Waals surface area contributed by atoms with Crippen molar-refractivity contribution in [3.8, 4) is 11.8 Å². The second-order valence-corrected chi connectivity index (χ2v) is 5.24. The normalized spacial score (nSPS) is 11.7. The van der Waals surface area contributed by atoms with Gasteiger partial charge in [0.1, 0.15) is 5.75 Å². The van der Waals surface area contributed by atoms with E-state index < -0.39 is 0 Å². The minimum absolute atomic E-state index is 0.123. The minimum Gasteiger partial charge on any atom is -0.496 e. The quantitative estimate of drug-likeness (QED) is 0.812. The molecule has 0 N–H and O–H groups in total. The molecule has 0 spiro atoms. The van der Waals surface area contributed by atoms with Gasteiger partial charge in [-0.2, -0.15) is 5.26 Å². The Labute approximate surface area is 127 Å². The van der Waals surface area contributed by atoms with Gasteiger partial charge in [0.25, 0.3) is 0 Å². The van der Waals surface area contributed by atoms with Crippen LogP contribution in [0.3, 0.4) is 0 Å². The first-order chi connectivity index (χ1) is 10.2. The summed E-state index contributed by atoms with van der Waals surface area (Å²) < 4.78 is 5.36. The van der Waals surface area contributed by atoms with Gasteiger partial charge in [0.15, 0.2) is 0 Å². The Kier molecular flexibility index (Phi) is 5.00. The van der Waals surface area contributed by atoms with Gasteiger partial charge in [0.05, 0.1) is 19.1 Å². The van der Waals surface area contributed by atoms with Gasteiger partial charge in [-0.05, 0) is 48.1 Å². The highest BCUT2D eigenvalue weighted by molar-refractivity contribution is 5.41. The average molecular weight is 279 g/mol. The van der Waals surface area contributed by atoms with Gasteiger partial charge in [-0.1, -0.05) is 43.3 Å². The molecule has 0 amide bonds. The molecule has 1 atom stereocenters. The molecule has 2 heteroatoms. The number of rotatable bonds is 5. The van der Waals surface area contributed by atoms with Crippen LogP contribution in [0.15, 0.2) is 42.5 Å². The molecule has 0 aliphatic carbocycles. The zero-order valence-corrected chi connectivity index (χ0v) is 12.9. The first-order valence-electron chi connectivity index (χ1n) is 7.30. The van der Waals surface area contributed by atoms with Gasteiger partial charge in [-0.25, -0.2) is 0 Å². The predicted octanol–water partition coefficient (Wildman–Crippen LogP) is 4.42. The lowest BCUT2D eigenvalue weighted by atomic mass is 9.90. The Bertz CT molecular complexity index is 655. The molecule has 2 nitrogen and oxygen atoms in total. The smallest absolute Gasteiger partial charge is 0.122 e. The number of ether oxygens (including phenoxy) is 1. The summed E-state index contributed by atoms with van der Waals surface area (Å²) in [6.07, 6.45) is 1.65. The Morgan fingerprint density at radius 2 is 1.90 bits per heavy atom. The SMILES string of the molecule is CCc1cc(C(C#N)Cc2ccccc2C)ccc1OC. The zero-order chi connectivity index (χ0) is 15.2. The van der Waals surface area contributed by atoms with Gasteiger partial charge in [-0.3, -0.25) is 0 Å². The number of nitrogens with zero attached hydrogens (tertiary/aromatic N) is 1. The van der Waals surface area contributed by atoms with Gasteiger partial charge < -0.3 is 4.74 Å². The highest BCUT2D eigenvalue weighted by Gasteiger charge is 2.14. The van der Waals surface area contributed by atoms with Crippen LogP contribution in [0.2, 0.25) is 0 Å². The van der Waals surface area contributed by atoms with Crippen molar-refractivity contribution in [2.24, 2.45) is 0 Å². The fourth-order valence-electron chi connectivity index (χ4n) is 2.59. The standard InChI is InChI=1S/C19H21NO/c1-4-15-11-17(9-10-19(15)21-3)18(13-20)12-16-8-6-5-7-14(16)2/h5-11,18H,4,12H2,1-3H3. The van der Waals surface area contributed by atoms with Crippen molar-refractivity contribution in [2.45, 2.75) is 32.6 Å². The second kappa shape index (κ2) is 6.95. The molecule has 0 fully saturated rings. The first-order valence-corrected chi connectivity index (χ1v) is 7.30. The van der Waals surface area contributed by atoms with E-state index in [1.54, 1.807) is 7.11 Å². The van der Waals surface area contributed by atoms with E-state index in [-0.39, 0.29) is 5.92 Å². The van der Waals surface area contributed by atoms with Crippen LogP contribution in [0.5, 0.6) is 5.75 Å². The van der Waals surface area contributed by atoms with E-state index in [9.17, 15) is 5.26 Å². The maximum absolute atomic E-state index is 9.54. The number of benzene rings is 2. The van der Waals surface area contributed by atoms with Crippen molar-refractivity contribution >= 4 is 0 Å². The van der Waals surface area contributed by atoms with Crippen LogP contribution in [0, 0.1) is 18.3 Å². The summed E-state index contributed by atoms with van der Waals surface area (Å²) >= 11 is 0. The summed E-state index contributed by atoms with van der Waals surface area (Å²) in [6.45, 7) is 4.19. The molecular weight excluding hydrogens is 258 g/mol. The number of hydrogen-bond acceptors (Lipinski definition) is 2. The summed E-state index contributed by atoms with van der Waals surface area (Å²) in [7, 11) is 1.68. The molecule has 0 aromatic heterocycles. The Balaban J connectivity index is 2.30. The highest BCUT2D eigenvalue weighted by atomic mass is 16.5. The number of aryl methyl sites for hydroxylation is 2. The zero-order valence-electron chi connectivity index (χ0n) is 12.9. The van der Waals surface area contributed by atoms with Gasteiger partial charge in [0.2, 0.25) is 0 Å². The van der Waals surface area contributed by atoms with Crippen molar-refractivity contribution in [1.82, 2.24) is 0 Å². The molecule has 0 aliphatic heterocycles. The van der Waals surface area contributed by atoms with E-state index in [4.69, 9.17) is 4.74 Å². The van der Waals surface area contributed by atoms with Crippen LogP contribution in [0.1, 0.15) is 35.1 Å². The van der Waals surface area contributed by atoms with Crippen LogP contribution >= 0.6 is 0 Å². The fourth-order valence-corrected chi connectivity index (χ4v) is 2.59. The summed E-state index contributed by atoms with van der Waals surface area (Å²) in [5, 5.41) is 9.54. The van der Waals surface area contributed by atoms with E-state index in [0.717, 1.165) is 29.7 Å². The predicted molar refractivity (Wildman–Crippen MR) is 85.6 cm³/mol. The Hall–Kier alpha value is -2.27. The van der Waals surface area contributed by atoms with Crippen LogP contribution in [0.25, 0.3) is 0 Å². The summed E-state index contributed by atoms with van der Waals surface area (Å²) in [6, 6.07) is 16.8. The third-order valence-corrected chi connectivity index (χ3v) is 3.93. The molecule has 2 aromatic carbocycles. The third kappa shape index (κ3) is 3.44. The molecule has 108 valence electrons. The van der Waals surface area contributed by atoms with Crippen LogP contribution in [-0.2, 0) is 12.8 Å². The van der Waals surface area contributed by atoms with E-state index in [1.165, 1.54) is 11.1 Å². The second-order valence-electron chi connectivity index (χ2n) is 5.24. The van der Waals surface area contributed by atoms with Crippen LogP contribution < -0.4 is 4.74 Å². The molecule has 2 aromatic rings. The van der Waals surface area contributed by atoms with E-state index >= 15 is 0 Å². The first kappa shape index (κ1) is 15.1. The lowest BCUT2D eigenvalue weighted by molar-refractivity contribution is 0.410. The van der Waals surface area contributed by atoms with Crippen molar-refractivity contribution in [1.29, 1.82) is 5.26 Å². The van der Waals surface area contributed by atoms with Crippen LogP contribution in [-0.4, -0.2) is 7.11 Å². The van der Waals surface area contributed by atoms with E-state index in [0.29, 0.717) is 0 Å². The largest absolute Gasteiger partial charge is 0.496 e. The molecular formula is C19H21NO. The average Bonchev–Trinajstić information content (AvgIpc) is 2.53. The fraction of sp³-hybridized carbons (Fsp3) is 0.316. The van der Waals surface area contributed by atoms with Crippen molar-refractivity contribution in [3.05, 3.63) is 64.7 Å². The summed E-state index contributed by atoms with van der Waals surface area (Å²) in [5.41, 5.74) is 4.69. The number of hydrogen-bond donors (Lipinski definition) is 0. The van der Waals surface area contributed by atoms with Crippen molar-refractivity contribution in [3.63, 3.8) is 0 Å². The highest BCUT2D eigenvalue weighted by Crippen LogP contribution is 2.27. The lowest BCUT2D eigenvalue weighted by Gasteiger charge is -2.14. The topological polar surface area (TPSA) is 33.0 Å². The van der Waals surface area contributed by atoms with Crippen molar-refractivity contribution < 1.29 is 4.74 Å². The third-order valence-electron chi connectivity index (χ3n) is 3.93. The van der Waals surface area contributed by atoms with E-state index in [1.807, 2.05) is 24.3 Å². The molecule has 0 radical (unpaired) electrons. The molecule has 1 unspecified atom stereocenters. The molecule has 21 heavy (non-hydrogen) atoms. The number of nitriles is 1.